The summed E-state index contributed by atoms with van der Waals surface area (Å²) in [5.41, 5.74) is 23.1. The Balaban J connectivity index is 0.000000124. The zero-order valence-electron chi connectivity index (χ0n) is 61.0. The highest BCUT2D eigenvalue weighted by Gasteiger charge is 2.52. The fourth-order valence-corrected chi connectivity index (χ4v) is 15.8. The summed E-state index contributed by atoms with van der Waals surface area (Å²) in [6, 6.07) is 128. The second-order valence-corrected chi connectivity index (χ2v) is 29.3. The van der Waals surface area contributed by atoms with Crippen molar-refractivity contribution in [2.45, 2.75) is 38.9 Å². The van der Waals surface area contributed by atoms with E-state index in [4.69, 9.17) is 30.9 Å². The van der Waals surface area contributed by atoms with Gasteiger partial charge in [0.1, 0.15) is 0 Å². The van der Waals surface area contributed by atoms with Gasteiger partial charge < -0.3 is 27.6 Å². The maximum atomic E-state index is 6.47. The number of aromatic nitrogens is 8. The van der Waals surface area contributed by atoms with E-state index in [-0.39, 0.29) is 5.28 Å². The Morgan fingerprint density at radius 1 is 0.273 bits per heavy atom. The minimum atomic E-state index is -0.425. The Hall–Kier alpha value is -13.3. The Labute approximate surface area is 642 Å². The van der Waals surface area contributed by atoms with Crippen LogP contribution in [0, 0.1) is 0 Å². The number of nitrogens with zero attached hydrogens (tertiary/aromatic N) is 8. The molecule has 1 saturated heterocycles. The van der Waals surface area contributed by atoms with Gasteiger partial charge in [0.2, 0.25) is 5.28 Å². The molecule has 14 aromatic carbocycles. The van der Waals surface area contributed by atoms with Crippen LogP contribution in [0.25, 0.3) is 166 Å². The lowest BCUT2D eigenvalue weighted by atomic mass is 9.78. The van der Waals surface area contributed by atoms with Crippen molar-refractivity contribution in [2.24, 2.45) is 0 Å². The summed E-state index contributed by atoms with van der Waals surface area (Å²) in [5.74, 6) is 0.713. The molecule has 0 bridgehead atoms. The lowest BCUT2D eigenvalue weighted by molar-refractivity contribution is 0.00578. The van der Waals surface area contributed by atoms with E-state index in [2.05, 4.69) is 353 Å². The lowest BCUT2D eigenvalue weighted by Crippen LogP contribution is -2.41. The summed E-state index contributed by atoms with van der Waals surface area (Å²) >= 11 is 5.95. The minimum Gasteiger partial charge on any atom is -0.399 e. The monoisotopic (exact) mass is 1440 g/mol. The number of halogens is 1. The van der Waals surface area contributed by atoms with Gasteiger partial charge in [-0.3, -0.25) is 0 Å². The van der Waals surface area contributed by atoms with Crippen molar-refractivity contribution in [1.82, 2.24) is 38.2 Å². The highest BCUT2D eigenvalue weighted by Crippen LogP contribution is 2.44. The first-order chi connectivity index (χ1) is 53.9. The van der Waals surface area contributed by atoms with Gasteiger partial charge in [-0.2, -0.15) is 0 Å². The number of para-hydroxylation sites is 6. The molecule has 0 radical (unpaired) electrons. The maximum absolute atomic E-state index is 6.47. The van der Waals surface area contributed by atoms with Crippen molar-refractivity contribution in [2.75, 3.05) is 0 Å². The summed E-state index contributed by atoms with van der Waals surface area (Å²) in [4.78, 5) is 18.9. The van der Waals surface area contributed by atoms with Crippen LogP contribution < -0.4 is 5.46 Å². The number of hydrogen-bond acceptors (Lipinski definition) is 6. The van der Waals surface area contributed by atoms with Crippen LogP contribution in [0.3, 0.4) is 0 Å². The number of fused-ring (bicyclic) bond motifs is 10. The van der Waals surface area contributed by atoms with E-state index in [1.165, 1.54) is 54.8 Å². The second kappa shape index (κ2) is 27.8. The molecule has 6 aromatic heterocycles. The Morgan fingerprint density at radius 2 is 0.627 bits per heavy atom. The molecule has 0 atom stereocenters. The van der Waals surface area contributed by atoms with Gasteiger partial charge in [0.15, 0.2) is 5.82 Å². The molecule has 0 amide bonds. The van der Waals surface area contributed by atoms with Crippen molar-refractivity contribution >= 4 is 111 Å². The SMILES string of the molecule is CC1(C)OB(c2ccc3c(c2)c2cc4c(cc(-c5ccccc5)n4-c4ccccc4)cc2n3-c2ccccc2)OC1(C)C.Clc1nc(-c2ccccc2)c2ccccc2n1.c1ccc(-c2nc(-c3ccc4c(c3)c3cc5c(cc(-c6ccccc6)n5-c5ccccc5)cc3n4-c3ccccc3)nc3ccccc23)cc1. The van der Waals surface area contributed by atoms with Crippen LogP contribution in [-0.4, -0.2) is 56.5 Å². The molecule has 0 saturated carbocycles. The molecule has 0 unspecified atom stereocenters. The zero-order chi connectivity index (χ0) is 74.0. The normalized spacial score (nSPS) is 13.2. The van der Waals surface area contributed by atoms with Crippen molar-refractivity contribution < 1.29 is 9.31 Å². The van der Waals surface area contributed by atoms with Crippen LogP contribution in [0.2, 0.25) is 5.28 Å². The van der Waals surface area contributed by atoms with Crippen molar-refractivity contribution in [3.8, 4) is 79.2 Å². The highest BCUT2D eigenvalue weighted by atomic mass is 35.5. The van der Waals surface area contributed by atoms with Crippen molar-refractivity contribution in [3.63, 3.8) is 0 Å². The predicted octanol–water partition coefficient (Wildman–Crippen LogP) is 24.3. The quantitative estimate of drug-likeness (QED) is 0.100. The van der Waals surface area contributed by atoms with Crippen LogP contribution in [0.15, 0.2) is 364 Å². The van der Waals surface area contributed by atoms with Crippen molar-refractivity contribution in [1.29, 1.82) is 0 Å². The van der Waals surface area contributed by atoms with Gasteiger partial charge in [-0.05, 0) is 177 Å². The molecule has 1 fully saturated rings. The van der Waals surface area contributed by atoms with E-state index < -0.39 is 18.3 Å². The molecule has 110 heavy (non-hydrogen) atoms. The van der Waals surface area contributed by atoms with E-state index >= 15 is 0 Å². The van der Waals surface area contributed by atoms with Gasteiger partial charge in [0, 0.05) is 82.5 Å². The lowest BCUT2D eigenvalue weighted by Gasteiger charge is -2.32. The number of hydrogen-bond donors (Lipinski definition) is 0. The molecular weight excluding hydrogens is 1370 g/mol. The van der Waals surface area contributed by atoms with Gasteiger partial charge >= 0.3 is 7.12 Å². The van der Waals surface area contributed by atoms with Crippen LogP contribution in [-0.2, 0) is 9.31 Å². The first-order valence-electron chi connectivity index (χ1n) is 37.2. The van der Waals surface area contributed by atoms with Crippen LogP contribution >= 0.6 is 11.6 Å². The third-order valence-corrected chi connectivity index (χ3v) is 21.8. The average molecular weight is 1440 g/mol. The summed E-state index contributed by atoms with van der Waals surface area (Å²) in [5, 5.41) is 9.43. The fourth-order valence-electron chi connectivity index (χ4n) is 15.7. The third-order valence-electron chi connectivity index (χ3n) is 21.7. The first-order valence-corrected chi connectivity index (χ1v) is 37.6. The van der Waals surface area contributed by atoms with Gasteiger partial charge in [-0.1, -0.05) is 243 Å². The third kappa shape index (κ3) is 12.1. The van der Waals surface area contributed by atoms with E-state index in [9.17, 15) is 0 Å². The molecule has 20 aromatic rings. The van der Waals surface area contributed by atoms with E-state index in [1.807, 2.05) is 66.7 Å². The molecule has 0 spiro atoms. The number of rotatable bonds is 10. The smallest absolute Gasteiger partial charge is 0.399 e. The van der Waals surface area contributed by atoms with Crippen LogP contribution in [0.1, 0.15) is 27.7 Å². The van der Waals surface area contributed by atoms with Crippen molar-refractivity contribution in [3.05, 3.63) is 369 Å². The Bertz CT molecular complexity index is 6820. The van der Waals surface area contributed by atoms with Crippen LogP contribution in [0.5, 0.6) is 0 Å². The fraction of sp³-hybridized carbons (Fsp3) is 0.0612. The molecule has 1 aliphatic rings. The molecular formula is C98H72BClN8O2. The largest absolute Gasteiger partial charge is 0.494 e. The summed E-state index contributed by atoms with van der Waals surface area (Å²) in [6.07, 6.45) is 0. The van der Waals surface area contributed by atoms with Gasteiger partial charge in [-0.15, -0.1) is 0 Å². The van der Waals surface area contributed by atoms with Gasteiger partial charge in [0.05, 0.1) is 78.1 Å². The zero-order valence-corrected chi connectivity index (χ0v) is 61.7. The Morgan fingerprint density at radius 3 is 1.07 bits per heavy atom. The highest BCUT2D eigenvalue weighted by molar-refractivity contribution is 6.62. The molecule has 0 aliphatic carbocycles. The molecule has 526 valence electrons. The average Bonchev–Trinajstić information content (AvgIpc) is 1.56. The van der Waals surface area contributed by atoms with E-state index in [0.29, 0.717) is 5.82 Å². The molecule has 10 nitrogen and oxygen atoms in total. The summed E-state index contributed by atoms with van der Waals surface area (Å²) < 4.78 is 22.5. The molecule has 0 N–H and O–H groups in total. The summed E-state index contributed by atoms with van der Waals surface area (Å²) in [6.45, 7) is 8.41. The first kappa shape index (κ1) is 67.3. The second-order valence-electron chi connectivity index (χ2n) is 28.9. The summed E-state index contributed by atoms with van der Waals surface area (Å²) in [7, 11) is -0.425. The van der Waals surface area contributed by atoms with Gasteiger partial charge in [-0.25, -0.2) is 19.9 Å². The van der Waals surface area contributed by atoms with Crippen LogP contribution in [0.4, 0.5) is 0 Å². The van der Waals surface area contributed by atoms with Gasteiger partial charge in [0.25, 0.3) is 0 Å². The molecule has 7 heterocycles. The standard InChI is InChI=1S/C46H30N4.C38H33BN2O2.C14H9ClN2/c1-5-15-31(16-6-1)42-28-34-29-44-39(30-43(34)50(42)36-21-11-4-12-22-36)38-27-33(25-26-41(38)49(44)35-19-9-3-10-20-35)46-47-40-24-14-13-23-37(40)45(48-46)32-17-7-2-8-18-32;1-37(2)38(3,4)43-39(42-37)28-20-21-33-31(24-28)32-25-35-27(23-36(32)40(33)29-16-10-6-11-17-29)22-34(26-14-8-5-9-15-26)41(35)30-18-12-7-13-19-30;15-14-16-12-9-5-4-8-11(12)13(17-14)10-6-2-1-3-7-10/h1-30H;5-25H,1-4H3;1-9H. The maximum Gasteiger partial charge on any atom is 0.494 e. The van der Waals surface area contributed by atoms with E-state index in [0.717, 1.165) is 111 Å². The molecule has 12 heteroatoms. The molecule has 21 rings (SSSR count). The minimum absolute atomic E-state index is 0.280. The topological polar surface area (TPSA) is 89.7 Å². The van der Waals surface area contributed by atoms with E-state index in [1.54, 1.807) is 0 Å². The number of benzene rings is 14. The Kier molecular flexibility index (Phi) is 17.0. The predicted molar refractivity (Wildman–Crippen MR) is 456 cm³/mol. The molecule has 1 aliphatic heterocycles.